The Kier molecular flexibility index (Phi) is 11.4. The second kappa shape index (κ2) is 13.1. The molecular weight excluding hydrogens is 471 g/mol. The second-order valence-electron chi connectivity index (χ2n) is 4.77. The van der Waals surface area contributed by atoms with Gasteiger partial charge in [0, 0.05) is 35.5 Å². The average Bonchev–Trinajstić information content (AvgIpc) is 2.62. The van der Waals surface area contributed by atoms with Crippen LogP contribution in [0.2, 0.25) is 5.02 Å². The number of pyridine rings is 1. The van der Waals surface area contributed by atoms with Gasteiger partial charge < -0.3 is 15.4 Å². The average molecular weight is 493 g/mol. The summed E-state index contributed by atoms with van der Waals surface area (Å²) in [5.74, 6) is 2.47. The van der Waals surface area contributed by atoms with Crippen LogP contribution in [0, 0.1) is 0 Å². The highest BCUT2D eigenvalue weighted by Crippen LogP contribution is 2.19. The topological polar surface area (TPSA) is 58.5 Å². The number of nitrogens with one attached hydrogen (secondary N) is 2. The molecule has 0 aliphatic carbocycles. The fraction of sp³-hybridized carbons (Fsp3) is 0.294. The lowest BCUT2D eigenvalue weighted by atomic mass is 10.4. The van der Waals surface area contributed by atoms with E-state index in [-0.39, 0.29) is 24.0 Å². The van der Waals surface area contributed by atoms with Gasteiger partial charge in [0.2, 0.25) is 0 Å². The monoisotopic (exact) mass is 492 g/mol. The quantitative estimate of drug-likeness (QED) is 0.194. The van der Waals surface area contributed by atoms with Crippen molar-refractivity contribution in [3.05, 3.63) is 53.8 Å². The number of aliphatic imine (C=N–C) groups is 1. The van der Waals surface area contributed by atoms with Crippen molar-refractivity contribution in [2.75, 3.05) is 32.5 Å². The zero-order chi connectivity index (χ0) is 17.0. The van der Waals surface area contributed by atoms with Gasteiger partial charge in [-0.2, -0.15) is 0 Å². The minimum atomic E-state index is 0. The third-order valence-corrected chi connectivity index (χ3v) is 4.26. The van der Waals surface area contributed by atoms with Crippen molar-refractivity contribution in [3.8, 4) is 5.75 Å². The molecule has 0 amide bonds. The normalized spacial score (nSPS) is 10.7. The molecule has 1 heterocycles. The van der Waals surface area contributed by atoms with Crippen LogP contribution in [0.25, 0.3) is 0 Å². The van der Waals surface area contributed by atoms with Crippen molar-refractivity contribution in [3.63, 3.8) is 0 Å². The van der Waals surface area contributed by atoms with Gasteiger partial charge in [-0.1, -0.05) is 11.6 Å². The molecule has 0 aliphatic heterocycles. The van der Waals surface area contributed by atoms with Gasteiger partial charge in [-0.3, -0.25) is 9.98 Å². The lowest BCUT2D eigenvalue weighted by molar-refractivity contribution is 0.320. The highest BCUT2D eigenvalue weighted by Gasteiger charge is 1.99. The smallest absolute Gasteiger partial charge is 0.191 e. The maximum absolute atomic E-state index is 5.87. The first kappa shape index (κ1) is 21.9. The summed E-state index contributed by atoms with van der Waals surface area (Å²) in [6.07, 6.45) is 3.42. The highest BCUT2D eigenvalue weighted by atomic mass is 127. The van der Waals surface area contributed by atoms with Crippen LogP contribution in [0.4, 0.5) is 0 Å². The Labute approximate surface area is 175 Å². The van der Waals surface area contributed by atoms with Crippen LogP contribution in [0.3, 0.4) is 0 Å². The van der Waals surface area contributed by atoms with Crippen LogP contribution in [-0.4, -0.2) is 43.4 Å². The van der Waals surface area contributed by atoms with Gasteiger partial charge in [0.1, 0.15) is 12.4 Å². The van der Waals surface area contributed by atoms with Crippen molar-refractivity contribution in [2.45, 2.75) is 4.90 Å². The fourth-order valence-corrected chi connectivity index (χ4v) is 2.75. The Balaban J connectivity index is 0.00000312. The van der Waals surface area contributed by atoms with Gasteiger partial charge in [0.05, 0.1) is 12.7 Å². The summed E-state index contributed by atoms with van der Waals surface area (Å²) in [4.78, 5) is 9.39. The second-order valence-corrected chi connectivity index (χ2v) is 6.37. The first-order valence-electron chi connectivity index (χ1n) is 7.63. The van der Waals surface area contributed by atoms with E-state index in [1.807, 2.05) is 36.4 Å². The molecule has 0 saturated heterocycles. The van der Waals surface area contributed by atoms with E-state index in [0.717, 1.165) is 29.0 Å². The van der Waals surface area contributed by atoms with E-state index >= 15 is 0 Å². The summed E-state index contributed by atoms with van der Waals surface area (Å²) < 4.78 is 5.57. The lowest BCUT2D eigenvalue weighted by Gasteiger charge is -2.12. The standard InChI is InChI=1S/C17H21ClN4OS.HI/c1-19-17(21-9-11-23-15-3-2-8-20-13-15)22-10-12-24-16-6-4-14(18)5-7-16;/h2-8,13H,9-12H2,1H3,(H2,19,21,22);1H. The molecule has 2 N–H and O–H groups in total. The van der Waals surface area contributed by atoms with E-state index in [2.05, 4.69) is 20.6 Å². The van der Waals surface area contributed by atoms with Crippen molar-refractivity contribution in [1.29, 1.82) is 0 Å². The maximum Gasteiger partial charge on any atom is 0.191 e. The summed E-state index contributed by atoms with van der Waals surface area (Å²) in [5, 5.41) is 7.25. The number of halogens is 2. The van der Waals surface area contributed by atoms with Crippen molar-refractivity contribution in [2.24, 2.45) is 4.99 Å². The van der Waals surface area contributed by atoms with Gasteiger partial charge in [-0.15, -0.1) is 35.7 Å². The largest absolute Gasteiger partial charge is 0.490 e. The maximum atomic E-state index is 5.87. The number of nitrogens with zero attached hydrogens (tertiary/aromatic N) is 2. The van der Waals surface area contributed by atoms with E-state index in [1.165, 1.54) is 4.90 Å². The van der Waals surface area contributed by atoms with Gasteiger partial charge in [-0.05, 0) is 36.4 Å². The summed E-state index contributed by atoms with van der Waals surface area (Å²) >= 11 is 7.65. The van der Waals surface area contributed by atoms with Crippen LogP contribution in [0.1, 0.15) is 0 Å². The molecule has 2 rings (SSSR count). The molecule has 0 aliphatic rings. The molecule has 0 spiro atoms. The van der Waals surface area contributed by atoms with Gasteiger partial charge in [0.15, 0.2) is 5.96 Å². The molecule has 0 radical (unpaired) electrons. The van der Waals surface area contributed by atoms with Crippen LogP contribution < -0.4 is 15.4 Å². The van der Waals surface area contributed by atoms with E-state index < -0.39 is 0 Å². The number of thioether (sulfide) groups is 1. The third-order valence-electron chi connectivity index (χ3n) is 3.00. The lowest BCUT2D eigenvalue weighted by Crippen LogP contribution is -2.40. The number of benzene rings is 1. The number of aromatic nitrogens is 1. The van der Waals surface area contributed by atoms with E-state index in [4.69, 9.17) is 16.3 Å². The summed E-state index contributed by atoms with van der Waals surface area (Å²) in [5.41, 5.74) is 0. The summed E-state index contributed by atoms with van der Waals surface area (Å²) in [7, 11) is 1.75. The highest BCUT2D eigenvalue weighted by molar-refractivity contribution is 14.0. The molecule has 5 nitrogen and oxygen atoms in total. The molecule has 0 fully saturated rings. The SMILES string of the molecule is CN=C(NCCOc1cccnc1)NCCSc1ccc(Cl)cc1.I. The number of ether oxygens (including phenoxy) is 1. The molecule has 0 unspecified atom stereocenters. The molecule has 25 heavy (non-hydrogen) atoms. The molecule has 1 aromatic heterocycles. The first-order chi connectivity index (χ1) is 11.8. The van der Waals surface area contributed by atoms with Crippen LogP contribution >= 0.6 is 47.3 Å². The Morgan fingerprint density at radius 2 is 1.96 bits per heavy atom. The zero-order valence-corrected chi connectivity index (χ0v) is 17.8. The first-order valence-corrected chi connectivity index (χ1v) is 9.00. The molecule has 0 atom stereocenters. The zero-order valence-electron chi connectivity index (χ0n) is 13.9. The molecule has 0 bridgehead atoms. The van der Waals surface area contributed by atoms with Gasteiger partial charge >= 0.3 is 0 Å². The van der Waals surface area contributed by atoms with Crippen LogP contribution in [0.15, 0.2) is 58.7 Å². The third kappa shape index (κ3) is 9.18. The van der Waals surface area contributed by atoms with E-state index in [9.17, 15) is 0 Å². The Morgan fingerprint density at radius 3 is 2.64 bits per heavy atom. The summed E-state index contributed by atoms with van der Waals surface area (Å²) in [6.45, 7) is 2.03. The van der Waals surface area contributed by atoms with Crippen molar-refractivity contribution >= 4 is 53.3 Å². The number of guanidine groups is 1. The molecule has 8 heteroatoms. The van der Waals surface area contributed by atoms with Crippen molar-refractivity contribution < 1.29 is 4.74 Å². The number of hydrogen-bond acceptors (Lipinski definition) is 4. The van der Waals surface area contributed by atoms with Gasteiger partial charge in [0.25, 0.3) is 0 Å². The number of rotatable bonds is 8. The van der Waals surface area contributed by atoms with E-state index in [1.54, 1.807) is 31.2 Å². The molecule has 1 aromatic carbocycles. The Hall–Kier alpha value is -1.19. The van der Waals surface area contributed by atoms with E-state index in [0.29, 0.717) is 13.2 Å². The van der Waals surface area contributed by atoms with Crippen molar-refractivity contribution in [1.82, 2.24) is 15.6 Å². The molecule has 136 valence electrons. The van der Waals surface area contributed by atoms with Crippen LogP contribution in [0.5, 0.6) is 5.75 Å². The Morgan fingerprint density at radius 1 is 1.20 bits per heavy atom. The summed E-state index contributed by atoms with van der Waals surface area (Å²) in [6, 6.07) is 11.6. The predicted molar refractivity (Wildman–Crippen MR) is 117 cm³/mol. The molecule has 0 saturated carbocycles. The molecule has 2 aromatic rings. The minimum Gasteiger partial charge on any atom is -0.490 e. The Bertz CT molecular complexity index is 628. The van der Waals surface area contributed by atoms with Gasteiger partial charge in [-0.25, -0.2) is 0 Å². The minimum absolute atomic E-state index is 0. The van der Waals surface area contributed by atoms with Crippen LogP contribution in [-0.2, 0) is 0 Å². The fourth-order valence-electron chi connectivity index (χ4n) is 1.86. The number of hydrogen-bond donors (Lipinski definition) is 2. The predicted octanol–water partition coefficient (Wildman–Crippen LogP) is 3.69. The molecular formula is C17H22ClIN4OS.